The molecule has 0 saturated heterocycles. The topological polar surface area (TPSA) is 94.6 Å². The Morgan fingerprint density at radius 3 is 2.10 bits per heavy atom. The minimum Gasteiger partial charge on any atom is -0.494 e. The Bertz CT molecular complexity index is 687. The van der Waals surface area contributed by atoms with Crippen LogP contribution in [0.3, 0.4) is 0 Å². The quantitative estimate of drug-likeness (QED) is 0.650. The highest BCUT2D eigenvalue weighted by atomic mass is 32.2. The molecule has 0 bridgehead atoms. The van der Waals surface area contributed by atoms with Crippen LogP contribution in [0.25, 0.3) is 0 Å². The van der Waals surface area contributed by atoms with E-state index in [1.807, 2.05) is 6.92 Å². The van der Waals surface area contributed by atoms with E-state index >= 15 is 0 Å². The molecule has 118 valence electrons. The summed E-state index contributed by atoms with van der Waals surface area (Å²) in [7, 11) is -7.12. The van der Waals surface area contributed by atoms with Gasteiger partial charge in [0, 0.05) is 11.8 Å². The Kier molecular flexibility index (Phi) is 5.91. The van der Waals surface area contributed by atoms with Crippen molar-refractivity contribution in [3.8, 4) is 5.75 Å². The van der Waals surface area contributed by atoms with Gasteiger partial charge in [-0.3, -0.25) is 4.79 Å². The van der Waals surface area contributed by atoms with Gasteiger partial charge in [0.1, 0.15) is 21.3 Å². The van der Waals surface area contributed by atoms with Gasteiger partial charge in [0.2, 0.25) is 0 Å². The molecule has 0 radical (unpaired) electrons. The highest BCUT2D eigenvalue weighted by molar-refractivity contribution is 7.95. The van der Waals surface area contributed by atoms with Crippen molar-refractivity contribution in [1.29, 1.82) is 0 Å². The summed E-state index contributed by atoms with van der Waals surface area (Å²) in [5.41, 5.74) is 0.251. The summed E-state index contributed by atoms with van der Waals surface area (Å²) in [6.07, 6.45) is 0.955. The second kappa shape index (κ2) is 7.04. The van der Waals surface area contributed by atoms with E-state index in [0.29, 0.717) is 12.4 Å². The molecule has 0 unspecified atom stereocenters. The van der Waals surface area contributed by atoms with Crippen LogP contribution in [-0.4, -0.2) is 52.7 Å². The summed E-state index contributed by atoms with van der Waals surface area (Å²) in [5.74, 6) is -1.70. The van der Waals surface area contributed by atoms with Gasteiger partial charge in [-0.05, 0) is 31.2 Å². The fraction of sp³-hybridized carbons (Fsp3) is 0.462. The smallest absolute Gasteiger partial charge is 0.177 e. The van der Waals surface area contributed by atoms with Gasteiger partial charge < -0.3 is 4.74 Å². The van der Waals surface area contributed by atoms with Crippen molar-refractivity contribution in [3.63, 3.8) is 0 Å². The molecule has 0 aliphatic heterocycles. The molecule has 21 heavy (non-hydrogen) atoms. The van der Waals surface area contributed by atoms with Gasteiger partial charge in [-0.15, -0.1) is 0 Å². The second-order valence-electron chi connectivity index (χ2n) is 4.60. The zero-order valence-electron chi connectivity index (χ0n) is 11.9. The number of benzene rings is 1. The first-order valence-electron chi connectivity index (χ1n) is 6.27. The molecule has 0 heterocycles. The molecule has 1 rings (SSSR count). The lowest BCUT2D eigenvalue weighted by Gasteiger charge is -2.05. The van der Waals surface area contributed by atoms with Crippen LogP contribution in [0, 0.1) is 0 Å². The van der Waals surface area contributed by atoms with Crippen LogP contribution >= 0.6 is 0 Å². The number of ether oxygens (including phenoxy) is 1. The van der Waals surface area contributed by atoms with E-state index in [1.165, 1.54) is 12.1 Å². The first-order chi connectivity index (χ1) is 9.63. The van der Waals surface area contributed by atoms with Crippen LogP contribution in [0.5, 0.6) is 5.75 Å². The van der Waals surface area contributed by atoms with Crippen LogP contribution in [0.15, 0.2) is 24.3 Å². The predicted octanol–water partition coefficient (Wildman–Crippen LogP) is 0.727. The number of rotatable bonds is 8. The third kappa shape index (κ3) is 6.72. The first-order valence-corrected chi connectivity index (χ1v) is 10.2. The monoisotopic (exact) mass is 334 g/mol. The molecule has 8 heteroatoms. The van der Waals surface area contributed by atoms with Crippen molar-refractivity contribution in [3.05, 3.63) is 29.8 Å². The molecule has 0 atom stereocenters. The zero-order chi connectivity index (χ0) is 16.1. The highest BCUT2D eigenvalue weighted by Crippen LogP contribution is 2.13. The summed E-state index contributed by atoms with van der Waals surface area (Å²) in [6, 6.07) is 6.14. The van der Waals surface area contributed by atoms with Gasteiger partial charge in [0.05, 0.1) is 18.1 Å². The highest BCUT2D eigenvalue weighted by Gasteiger charge is 2.20. The standard InChI is InChI=1S/C13H18O6S2/c1-3-19-12-6-4-11(5-7-12)13(14)10-21(17,18)9-8-20(2,15)16/h4-7H,3,8-10H2,1-2H3. The van der Waals surface area contributed by atoms with Crippen molar-refractivity contribution in [2.75, 3.05) is 30.1 Å². The fourth-order valence-electron chi connectivity index (χ4n) is 1.54. The van der Waals surface area contributed by atoms with Crippen LogP contribution in [0.4, 0.5) is 0 Å². The predicted molar refractivity (Wildman–Crippen MR) is 80.3 cm³/mol. The lowest BCUT2D eigenvalue weighted by molar-refractivity contribution is 0.102. The summed E-state index contributed by atoms with van der Waals surface area (Å²) >= 11 is 0. The SMILES string of the molecule is CCOc1ccc(C(=O)CS(=O)(=O)CCS(C)(=O)=O)cc1. The van der Waals surface area contributed by atoms with E-state index in [0.717, 1.165) is 6.26 Å². The van der Waals surface area contributed by atoms with Gasteiger partial charge in [-0.2, -0.15) is 0 Å². The minimum absolute atomic E-state index is 0.251. The average Bonchev–Trinajstić information content (AvgIpc) is 2.36. The molecule has 0 aliphatic rings. The van der Waals surface area contributed by atoms with E-state index in [-0.39, 0.29) is 5.56 Å². The minimum atomic E-state index is -3.74. The third-order valence-corrected chi connectivity index (χ3v) is 5.34. The number of hydrogen-bond acceptors (Lipinski definition) is 6. The van der Waals surface area contributed by atoms with Crippen molar-refractivity contribution in [1.82, 2.24) is 0 Å². The maximum Gasteiger partial charge on any atom is 0.177 e. The second-order valence-corrected chi connectivity index (χ2v) is 9.05. The van der Waals surface area contributed by atoms with Gasteiger partial charge >= 0.3 is 0 Å². The number of carbonyl (C=O) groups is 1. The fourth-order valence-corrected chi connectivity index (χ4v) is 4.47. The summed E-state index contributed by atoms with van der Waals surface area (Å²) in [4.78, 5) is 11.9. The lowest BCUT2D eigenvalue weighted by atomic mass is 10.1. The van der Waals surface area contributed by atoms with Crippen molar-refractivity contribution >= 4 is 25.5 Å². The van der Waals surface area contributed by atoms with Gasteiger partial charge in [-0.25, -0.2) is 16.8 Å². The van der Waals surface area contributed by atoms with Crippen molar-refractivity contribution < 1.29 is 26.4 Å². The van der Waals surface area contributed by atoms with E-state index in [1.54, 1.807) is 12.1 Å². The van der Waals surface area contributed by atoms with Gasteiger partial charge in [0.25, 0.3) is 0 Å². The molecule has 1 aromatic carbocycles. The van der Waals surface area contributed by atoms with Crippen LogP contribution in [-0.2, 0) is 19.7 Å². The van der Waals surface area contributed by atoms with E-state index in [2.05, 4.69) is 0 Å². The number of ketones is 1. The molecule has 0 amide bonds. The number of Topliss-reactive ketones (excluding diaryl/α,β-unsaturated/α-hetero) is 1. The lowest BCUT2D eigenvalue weighted by Crippen LogP contribution is -2.23. The molecule has 6 nitrogen and oxygen atoms in total. The van der Waals surface area contributed by atoms with Crippen molar-refractivity contribution in [2.45, 2.75) is 6.92 Å². The third-order valence-electron chi connectivity index (χ3n) is 2.60. The molecule has 0 saturated carbocycles. The van der Waals surface area contributed by atoms with Crippen LogP contribution < -0.4 is 4.74 Å². The molecule has 0 aliphatic carbocycles. The van der Waals surface area contributed by atoms with Crippen LogP contribution in [0.1, 0.15) is 17.3 Å². The number of hydrogen-bond donors (Lipinski definition) is 0. The Morgan fingerprint density at radius 2 is 1.62 bits per heavy atom. The Balaban J connectivity index is 2.71. The maximum atomic E-state index is 11.9. The molecule has 0 fully saturated rings. The average molecular weight is 334 g/mol. The Morgan fingerprint density at radius 1 is 1.05 bits per heavy atom. The Labute approximate surface area is 125 Å². The van der Waals surface area contributed by atoms with E-state index in [9.17, 15) is 21.6 Å². The summed E-state index contributed by atoms with van der Waals surface area (Å²) in [6.45, 7) is 2.32. The molecular weight excluding hydrogens is 316 g/mol. The number of carbonyl (C=O) groups excluding carboxylic acids is 1. The zero-order valence-corrected chi connectivity index (χ0v) is 13.5. The number of sulfone groups is 2. The van der Waals surface area contributed by atoms with Crippen molar-refractivity contribution in [2.24, 2.45) is 0 Å². The first kappa shape index (κ1) is 17.6. The normalized spacial score (nSPS) is 12.1. The van der Waals surface area contributed by atoms with Gasteiger partial charge in [-0.1, -0.05) is 0 Å². The van der Waals surface area contributed by atoms with E-state index < -0.39 is 42.7 Å². The molecule has 1 aromatic rings. The molecule has 0 aromatic heterocycles. The largest absolute Gasteiger partial charge is 0.494 e. The molecule has 0 N–H and O–H groups in total. The van der Waals surface area contributed by atoms with E-state index in [4.69, 9.17) is 4.74 Å². The Hall–Kier alpha value is -1.41. The van der Waals surface area contributed by atoms with Gasteiger partial charge in [0.15, 0.2) is 15.6 Å². The molecule has 0 spiro atoms. The summed E-state index contributed by atoms with van der Waals surface area (Å²) in [5, 5.41) is 0. The molecular formula is C13H18O6S2. The maximum absolute atomic E-state index is 11.9. The summed E-state index contributed by atoms with van der Waals surface area (Å²) < 4.78 is 50.6. The van der Waals surface area contributed by atoms with Crippen LogP contribution in [0.2, 0.25) is 0 Å².